The topological polar surface area (TPSA) is 106 Å². The maximum Gasteiger partial charge on any atom is 0.273 e. The van der Waals surface area contributed by atoms with Gasteiger partial charge in [0.15, 0.2) is 5.69 Å². The van der Waals surface area contributed by atoms with Crippen LogP contribution in [-0.4, -0.2) is 29.8 Å². The van der Waals surface area contributed by atoms with Crippen LogP contribution in [0.2, 0.25) is 0 Å². The molecule has 0 bridgehead atoms. The summed E-state index contributed by atoms with van der Waals surface area (Å²) in [6.07, 6.45) is 2.29. The molecule has 2 amide bonds. The molecule has 3 rings (SSSR count). The first-order valence-electron chi connectivity index (χ1n) is 8.03. The second-order valence-corrected chi connectivity index (χ2v) is 6.73. The van der Waals surface area contributed by atoms with E-state index in [9.17, 15) is 9.59 Å². The van der Waals surface area contributed by atoms with Crippen LogP contribution in [0.25, 0.3) is 0 Å². The molecule has 1 fully saturated rings. The number of rotatable bonds is 7. The summed E-state index contributed by atoms with van der Waals surface area (Å²) in [6.45, 7) is 0.984. The van der Waals surface area contributed by atoms with Crippen LogP contribution in [0.3, 0.4) is 0 Å². The number of anilines is 1. The van der Waals surface area contributed by atoms with E-state index in [2.05, 4.69) is 15.0 Å². The van der Waals surface area contributed by atoms with Gasteiger partial charge in [-0.05, 0) is 48.0 Å². The Morgan fingerprint density at radius 2 is 1.96 bits per heavy atom. The van der Waals surface area contributed by atoms with E-state index < -0.39 is 0 Å². The van der Waals surface area contributed by atoms with Crippen molar-refractivity contribution in [2.24, 2.45) is 5.92 Å². The average molecular weight is 360 g/mol. The van der Waals surface area contributed by atoms with Crippen LogP contribution >= 0.6 is 11.5 Å². The molecule has 0 atom stereocenters. The zero-order valence-electron chi connectivity index (χ0n) is 13.9. The summed E-state index contributed by atoms with van der Waals surface area (Å²) in [7, 11) is 1.60. The van der Waals surface area contributed by atoms with Crippen molar-refractivity contribution in [3.63, 3.8) is 0 Å². The van der Waals surface area contributed by atoms with Crippen molar-refractivity contribution in [2.45, 2.75) is 19.4 Å². The SMILES string of the molecule is COc1ccc(CNC(=O)c2snc(C(=O)NCC3CC3)c2N)cc1. The molecule has 25 heavy (non-hydrogen) atoms. The van der Waals surface area contributed by atoms with Crippen molar-refractivity contribution in [1.82, 2.24) is 15.0 Å². The van der Waals surface area contributed by atoms with Crippen LogP contribution in [0.4, 0.5) is 5.69 Å². The fraction of sp³-hybridized carbons (Fsp3) is 0.353. The van der Waals surface area contributed by atoms with E-state index in [1.54, 1.807) is 7.11 Å². The molecule has 0 saturated heterocycles. The zero-order valence-corrected chi connectivity index (χ0v) is 14.7. The molecule has 132 valence electrons. The number of ether oxygens (including phenoxy) is 1. The Labute approximate surface area is 149 Å². The number of carbonyl (C=O) groups excluding carboxylic acids is 2. The van der Waals surface area contributed by atoms with Gasteiger partial charge < -0.3 is 21.1 Å². The molecule has 1 aliphatic carbocycles. The lowest BCUT2D eigenvalue weighted by atomic mass is 10.2. The normalized spacial score (nSPS) is 13.3. The van der Waals surface area contributed by atoms with Crippen LogP contribution in [0.15, 0.2) is 24.3 Å². The first-order valence-corrected chi connectivity index (χ1v) is 8.80. The fourth-order valence-electron chi connectivity index (χ4n) is 2.27. The highest BCUT2D eigenvalue weighted by molar-refractivity contribution is 7.09. The van der Waals surface area contributed by atoms with E-state index in [0.29, 0.717) is 19.0 Å². The smallest absolute Gasteiger partial charge is 0.273 e. The van der Waals surface area contributed by atoms with E-state index in [1.165, 1.54) is 0 Å². The number of nitrogens with two attached hydrogens (primary N) is 1. The van der Waals surface area contributed by atoms with Crippen molar-refractivity contribution < 1.29 is 14.3 Å². The number of hydrogen-bond donors (Lipinski definition) is 3. The standard InChI is InChI=1S/C17H20N4O3S/c1-24-12-6-4-11(5-7-12)9-20-17(23)15-13(18)14(21-25-15)16(22)19-8-10-2-3-10/h4-7,10H,2-3,8-9,18H2,1H3,(H,19,22)(H,20,23). The molecule has 0 unspecified atom stereocenters. The zero-order chi connectivity index (χ0) is 17.8. The lowest BCUT2D eigenvalue weighted by molar-refractivity contribution is 0.0947. The summed E-state index contributed by atoms with van der Waals surface area (Å²) in [5.41, 5.74) is 7.13. The van der Waals surface area contributed by atoms with Crippen LogP contribution in [-0.2, 0) is 6.54 Å². The third-order valence-electron chi connectivity index (χ3n) is 4.01. The molecular weight excluding hydrogens is 340 g/mol. The minimum Gasteiger partial charge on any atom is -0.497 e. The summed E-state index contributed by atoms with van der Waals surface area (Å²) in [5.74, 6) is 0.654. The van der Waals surface area contributed by atoms with E-state index in [0.717, 1.165) is 35.7 Å². The third kappa shape index (κ3) is 4.27. The first kappa shape index (κ1) is 17.2. The maximum absolute atomic E-state index is 12.3. The summed E-state index contributed by atoms with van der Waals surface area (Å²) < 4.78 is 9.14. The number of nitrogen functional groups attached to an aromatic ring is 1. The largest absolute Gasteiger partial charge is 0.497 e. The van der Waals surface area contributed by atoms with Gasteiger partial charge in [-0.1, -0.05) is 12.1 Å². The van der Waals surface area contributed by atoms with Crippen molar-refractivity contribution in [3.05, 3.63) is 40.4 Å². The van der Waals surface area contributed by atoms with Crippen molar-refractivity contribution >= 4 is 29.0 Å². The Balaban J connectivity index is 1.58. The van der Waals surface area contributed by atoms with Gasteiger partial charge in [-0.15, -0.1) is 0 Å². The predicted octanol–water partition coefficient (Wildman–Crippen LogP) is 1.80. The van der Waals surface area contributed by atoms with Crippen LogP contribution in [0.5, 0.6) is 5.75 Å². The first-order chi connectivity index (χ1) is 12.1. The number of amides is 2. The number of carbonyl (C=O) groups is 2. The average Bonchev–Trinajstić information content (AvgIpc) is 3.38. The molecule has 1 aromatic heterocycles. The van der Waals surface area contributed by atoms with Gasteiger partial charge in [0.05, 0.1) is 12.8 Å². The van der Waals surface area contributed by atoms with Gasteiger partial charge >= 0.3 is 0 Å². The van der Waals surface area contributed by atoms with Gasteiger partial charge in [0.2, 0.25) is 0 Å². The summed E-state index contributed by atoms with van der Waals surface area (Å²) in [5, 5.41) is 5.59. The Bertz CT molecular complexity index is 769. The highest BCUT2D eigenvalue weighted by Gasteiger charge is 2.25. The molecule has 0 spiro atoms. The van der Waals surface area contributed by atoms with Crippen molar-refractivity contribution in [1.29, 1.82) is 0 Å². The molecule has 0 radical (unpaired) electrons. The van der Waals surface area contributed by atoms with E-state index in [4.69, 9.17) is 10.5 Å². The van der Waals surface area contributed by atoms with Crippen LogP contribution in [0, 0.1) is 5.92 Å². The summed E-state index contributed by atoms with van der Waals surface area (Å²) in [4.78, 5) is 24.6. The molecule has 2 aromatic rings. The summed E-state index contributed by atoms with van der Waals surface area (Å²) >= 11 is 0.936. The highest BCUT2D eigenvalue weighted by Crippen LogP contribution is 2.28. The number of nitrogens with zero attached hydrogens (tertiary/aromatic N) is 1. The third-order valence-corrected chi connectivity index (χ3v) is 4.87. The Hall–Kier alpha value is -2.61. The number of aromatic nitrogens is 1. The predicted molar refractivity (Wildman–Crippen MR) is 95.7 cm³/mol. The number of hydrogen-bond acceptors (Lipinski definition) is 6. The molecule has 8 heteroatoms. The van der Waals surface area contributed by atoms with Gasteiger partial charge in [0.25, 0.3) is 11.8 Å². The quantitative estimate of drug-likeness (QED) is 0.698. The Morgan fingerprint density at radius 1 is 1.24 bits per heavy atom. The summed E-state index contributed by atoms with van der Waals surface area (Å²) in [6, 6.07) is 7.38. The molecular formula is C17H20N4O3S. The molecule has 1 heterocycles. The highest BCUT2D eigenvalue weighted by atomic mass is 32.1. The Kier molecular flexibility index (Phi) is 5.18. The van der Waals surface area contributed by atoms with Crippen molar-refractivity contribution in [3.8, 4) is 5.75 Å². The molecule has 1 aromatic carbocycles. The molecule has 1 saturated carbocycles. The molecule has 4 N–H and O–H groups in total. The molecule has 1 aliphatic rings. The number of benzene rings is 1. The van der Waals surface area contributed by atoms with Gasteiger partial charge in [0.1, 0.15) is 10.6 Å². The minimum atomic E-state index is -0.341. The van der Waals surface area contributed by atoms with Crippen molar-refractivity contribution in [2.75, 3.05) is 19.4 Å². The monoisotopic (exact) mass is 360 g/mol. The van der Waals surface area contributed by atoms with E-state index in [-0.39, 0.29) is 28.1 Å². The second kappa shape index (κ2) is 7.52. The molecule has 0 aliphatic heterocycles. The second-order valence-electron chi connectivity index (χ2n) is 5.96. The molecule has 7 nitrogen and oxygen atoms in total. The maximum atomic E-state index is 12.3. The van der Waals surface area contributed by atoms with Crippen LogP contribution in [0.1, 0.15) is 38.6 Å². The Morgan fingerprint density at radius 3 is 2.60 bits per heavy atom. The van der Waals surface area contributed by atoms with Gasteiger partial charge in [-0.2, -0.15) is 4.37 Å². The fourth-order valence-corrected chi connectivity index (χ4v) is 2.99. The van der Waals surface area contributed by atoms with Gasteiger partial charge in [-0.3, -0.25) is 9.59 Å². The van der Waals surface area contributed by atoms with Crippen LogP contribution < -0.4 is 21.1 Å². The van der Waals surface area contributed by atoms with Gasteiger partial charge in [0, 0.05) is 13.1 Å². The van der Waals surface area contributed by atoms with E-state index in [1.807, 2.05) is 24.3 Å². The van der Waals surface area contributed by atoms with Gasteiger partial charge in [-0.25, -0.2) is 0 Å². The lowest BCUT2D eigenvalue weighted by Gasteiger charge is -2.06. The lowest BCUT2D eigenvalue weighted by Crippen LogP contribution is -2.27. The van der Waals surface area contributed by atoms with E-state index >= 15 is 0 Å². The number of nitrogens with one attached hydrogen (secondary N) is 2. The number of methoxy groups -OCH3 is 1. The minimum absolute atomic E-state index is 0.125.